The Morgan fingerprint density at radius 1 is 0.600 bits per heavy atom. The minimum absolute atomic E-state index is 0. The summed E-state index contributed by atoms with van der Waals surface area (Å²) in [7, 11) is 0. The largest absolute Gasteiger partial charge is 0.489 e. The summed E-state index contributed by atoms with van der Waals surface area (Å²) >= 11 is 0. The first-order valence-corrected chi connectivity index (χ1v) is 12.9. The minimum Gasteiger partial charge on any atom is -0.489 e. The van der Waals surface area contributed by atoms with Crippen molar-refractivity contribution in [3.8, 4) is 11.5 Å². The topological polar surface area (TPSA) is 95.2 Å². The number of ether oxygens (including phenoxy) is 2. The molecule has 6 nitrogen and oxygen atoms in total. The van der Waals surface area contributed by atoms with Gasteiger partial charge in [-0.25, -0.2) is 0 Å². The fourth-order valence-electron chi connectivity index (χ4n) is 4.06. The molecule has 8 heteroatoms. The number of halogens is 2. The monoisotopic (exact) mass is 580 g/mol. The maximum atomic E-state index is 6.13. The van der Waals surface area contributed by atoms with Crippen molar-refractivity contribution >= 4 is 47.3 Å². The van der Waals surface area contributed by atoms with Gasteiger partial charge in [0.2, 0.25) is 0 Å². The number of rotatable bonds is 10. The van der Waals surface area contributed by atoms with E-state index in [1.807, 2.05) is 100 Å². The Bertz CT molecular complexity index is 1360. The van der Waals surface area contributed by atoms with Crippen molar-refractivity contribution in [3.05, 3.63) is 107 Å². The van der Waals surface area contributed by atoms with Gasteiger partial charge in [0.15, 0.2) is 0 Å². The van der Waals surface area contributed by atoms with Crippen LogP contribution < -0.4 is 20.9 Å². The molecule has 0 saturated heterocycles. The van der Waals surface area contributed by atoms with Crippen molar-refractivity contribution in [3.63, 3.8) is 0 Å². The number of hydrogen-bond acceptors (Lipinski definition) is 4. The number of nitrogens with two attached hydrogens (primary N) is 2. The van der Waals surface area contributed by atoms with Crippen molar-refractivity contribution in [2.75, 3.05) is 0 Å². The summed E-state index contributed by atoms with van der Waals surface area (Å²) in [5, 5.41) is 2.16. The number of fused-ring (bicyclic) bond motifs is 1. The highest BCUT2D eigenvalue weighted by molar-refractivity contribution is 5.98. The van der Waals surface area contributed by atoms with Gasteiger partial charge in [-0.1, -0.05) is 48.5 Å². The first-order chi connectivity index (χ1) is 18.3. The van der Waals surface area contributed by atoms with Crippen molar-refractivity contribution in [1.29, 1.82) is 0 Å². The first-order valence-electron chi connectivity index (χ1n) is 12.9. The predicted octanol–water partition coefficient (Wildman–Crippen LogP) is 7.07. The van der Waals surface area contributed by atoms with Gasteiger partial charge in [-0.05, 0) is 86.0 Å². The molecule has 0 atom stereocenters. The zero-order valence-corrected chi connectivity index (χ0v) is 25.0. The van der Waals surface area contributed by atoms with E-state index in [0.717, 1.165) is 44.5 Å². The Hall–Kier alpha value is -3.74. The van der Waals surface area contributed by atoms with Gasteiger partial charge in [0.1, 0.15) is 36.4 Å². The molecule has 40 heavy (non-hydrogen) atoms. The zero-order valence-electron chi connectivity index (χ0n) is 23.3. The van der Waals surface area contributed by atoms with E-state index in [2.05, 4.69) is 22.1 Å². The Balaban J connectivity index is 0.00000280. The maximum absolute atomic E-state index is 6.13. The molecular weight excluding hydrogens is 543 g/mol. The second kappa shape index (κ2) is 15.2. The molecule has 0 fully saturated rings. The van der Waals surface area contributed by atoms with E-state index in [4.69, 9.17) is 20.9 Å². The third kappa shape index (κ3) is 9.18. The molecule has 4 N–H and O–H groups in total. The standard InChI is InChI=1S/C32H36N4O2.2ClH/c1-21(2)35-31(33)26-9-5-7-23(15-26)19-37-29-13-11-25-12-14-30(18-28(25)17-29)38-20-24-8-6-10-27(16-24)32(34)36-22(3)4;;/h5-18,21-22H,19-20H2,1-4H3,(H2,33,35)(H2,34,36);2*1H. The number of amidine groups is 2. The number of aliphatic imine (C=N–C) groups is 2. The van der Waals surface area contributed by atoms with Crippen LogP contribution in [0, 0.1) is 0 Å². The Kier molecular flexibility index (Phi) is 12.3. The molecule has 0 amide bonds. The third-order valence-electron chi connectivity index (χ3n) is 5.83. The summed E-state index contributed by atoms with van der Waals surface area (Å²) < 4.78 is 12.2. The number of hydrogen-bond donors (Lipinski definition) is 2. The minimum atomic E-state index is 0. The highest BCUT2D eigenvalue weighted by atomic mass is 35.5. The summed E-state index contributed by atoms with van der Waals surface area (Å²) in [6, 6.07) is 28.4. The molecule has 0 aliphatic heterocycles. The van der Waals surface area contributed by atoms with E-state index >= 15 is 0 Å². The second-order valence-corrected chi connectivity index (χ2v) is 9.87. The van der Waals surface area contributed by atoms with Gasteiger partial charge in [0, 0.05) is 23.2 Å². The molecule has 4 rings (SSSR count). The molecule has 0 aliphatic carbocycles. The molecule has 0 heterocycles. The molecule has 0 spiro atoms. The van der Waals surface area contributed by atoms with Crippen LogP contribution >= 0.6 is 24.8 Å². The lowest BCUT2D eigenvalue weighted by Crippen LogP contribution is -2.16. The lowest BCUT2D eigenvalue weighted by atomic mass is 10.1. The predicted molar refractivity (Wildman–Crippen MR) is 172 cm³/mol. The van der Waals surface area contributed by atoms with Crippen LogP contribution in [-0.2, 0) is 13.2 Å². The maximum Gasteiger partial charge on any atom is 0.125 e. The van der Waals surface area contributed by atoms with Crippen LogP contribution in [0.5, 0.6) is 11.5 Å². The normalized spacial score (nSPS) is 11.8. The number of nitrogens with zero attached hydrogens (tertiary/aromatic N) is 2. The summed E-state index contributed by atoms with van der Waals surface area (Å²) in [6.07, 6.45) is 0. The molecule has 212 valence electrons. The van der Waals surface area contributed by atoms with Crippen LogP contribution in [0.1, 0.15) is 49.9 Å². The molecule has 4 aromatic rings. The first kappa shape index (κ1) is 32.5. The Labute approximate surface area is 249 Å². The van der Waals surface area contributed by atoms with Gasteiger partial charge >= 0.3 is 0 Å². The van der Waals surface area contributed by atoms with Gasteiger partial charge in [-0.3, -0.25) is 9.98 Å². The summed E-state index contributed by atoms with van der Waals surface area (Å²) in [4.78, 5) is 8.87. The third-order valence-corrected chi connectivity index (χ3v) is 5.83. The SMILES string of the molecule is CC(C)N=C(N)c1cccc(COc2ccc3ccc(OCc4cccc(C(N)=NC(C)C)c4)cc3c2)c1.Cl.Cl. The van der Waals surface area contributed by atoms with Gasteiger partial charge in [-0.15, -0.1) is 24.8 Å². The van der Waals surface area contributed by atoms with Gasteiger partial charge in [0.25, 0.3) is 0 Å². The van der Waals surface area contributed by atoms with E-state index in [9.17, 15) is 0 Å². The molecule has 0 saturated carbocycles. The van der Waals surface area contributed by atoms with Crippen LogP contribution in [0.4, 0.5) is 0 Å². The number of benzene rings is 4. The van der Waals surface area contributed by atoms with Crippen molar-refractivity contribution in [1.82, 2.24) is 0 Å². The van der Waals surface area contributed by atoms with E-state index in [1.165, 1.54) is 0 Å². The summed E-state index contributed by atoms with van der Waals surface area (Å²) in [5.41, 5.74) is 16.1. The molecule has 0 aromatic heterocycles. The summed E-state index contributed by atoms with van der Waals surface area (Å²) in [6.45, 7) is 8.90. The Morgan fingerprint density at radius 2 is 1.02 bits per heavy atom. The van der Waals surface area contributed by atoms with Crippen LogP contribution in [-0.4, -0.2) is 23.8 Å². The van der Waals surface area contributed by atoms with E-state index in [0.29, 0.717) is 24.9 Å². The van der Waals surface area contributed by atoms with Gasteiger partial charge in [-0.2, -0.15) is 0 Å². The Morgan fingerprint density at radius 3 is 1.43 bits per heavy atom. The van der Waals surface area contributed by atoms with E-state index in [1.54, 1.807) is 0 Å². The quantitative estimate of drug-likeness (QED) is 0.155. The van der Waals surface area contributed by atoms with Crippen LogP contribution in [0.2, 0.25) is 0 Å². The van der Waals surface area contributed by atoms with Gasteiger partial charge < -0.3 is 20.9 Å². The fourth-order valence-corrected chi connectivity index (χ4v) is 4.06. The highest BCUT2D eigenvalue weighted by Crippen LogP contribution is 2.26. The van der Waals surface area contributed by atoms with E-state index in [-0.39, 0.29) is 36.9 Å². The van der Waals surface area contributed by atoms with Crippen LogP contribution in [0.3, 0.4) is 0 Å². The molecule has 0 bridgehead atoms. The second-order valence-electron chi connectivity index (χ2n) is 9.87. The summed E-state index contributed by atoms with van der Waals surface area (Å²) in [5.74, 6) is 2.66. The molecule has 0 aliphatic rings. The van der Waals surface area contributed by atoms with Crippen LogP contribution in [0.15, 0.2) is 94.9 Å². The van der Waals surface area contributed by atoms with E-state index < -0.39 is 0 Å². The molecular formula is C32H38Cl2N4O2. The zero-order chi connectivity index (χ0) is 27.1. The fraction of sp³-hybridized carbons (Fsp3) is 0.250. The average Bonchev–Trinajstić information content (AvgIpc) is 2.90. The van der Waals surface area contributed by atoms with Crippen LogP contribution in [0.25, 0.3) is 10.8 Å². The van der Waals surface area contributed by atoms with Crippen molar-refractivity contribution in [2.24, 2.45) is 21.5 Å². The van der Waals surface area contributed by atoms with Crippen molar-refractivity contribution < 1.29 is 9.47 Å². The van der Waals surface area contributed by atoms with Crippen molar-refractivity contribution in [2.45, 2.75) is 53.0 Å². The smallest absolute Gasteiger partial charge is 0.125 e. The van der Waals surface area contributed by atoms with Gasteiger partial charge in [0.05, 0.1) is 0 Å². The molecule has 4 aromatic carbocycles. The molecule has 0 unspecified atom stereocenters. The molecule has 0 radical (unpaired) electrons. The highest BCUT2D eigenvalue weighted by Gasteiger charge is 2.06. The lowest BCUT2D eigenvalue weighted by Gasteiger charge is -2.11. The average molecular weight is 582 g/mol. The lowest BCUT2D eigenvalue weighted by molar-refractivity contribution is 0.305.